The van der Waals surface area contributed by atoms with Gasteiger partial charge < -0.3 is 14.2 Å². The van der Waals surface area contributed by atoms with Crippen molar-refractivity contribution in [3.63, 3.8) is 0 Å². The molecule has 4 aromatic carbocycles. The topological polar surface area (TPSA) is 86.2 Å². The summed E-state index contributed by atoms with van der Waals surface area (Å²) in [7, 11) is 1.47. The van der Waals surface area contributed by atoms with Gasteiger partial charge in [-0.2, -0.15) is 5.10 Å². The molecule has 4 rings (SSSR count). The average Bonchev–Trinajstić information content (AvgIpc) is 2.97. The molecular formula is C31H25ClN2O5. The van der Waals surface area contributed by atoms with Gasteiger partial charge in [0.05, 0.1) is 13.3 Å². The van der Waals surface area contributed by atoms with E-state index in [1.807, 2.05) is 42.5 Å². The Kier molecular flexibility index (Phi) is 9.47. The van der Waals surface area contributed by atoms with Crippen LogP contribution in [0.5, 0.6) is 17.2 Å². The highest BCUT2D eigenvalue weighted by molar-refractivity contribution is 6.30. The van der Waals surface area contributed by atoms with Gasteiger partial charge in [-0.05, 0) is 77.4 Å². The summed E-state index contributed by atoms with van der Waals surface area (Å²) in [5, 5.41) is 4.68. The van der Waals surface area contributed by atoms with Gasteiger partial charge in [0.1, 0.15) is 12.4 Å². The minimum atomic E-state index is -0.535. The molecule has 0 spiro atoms. The third-order valence-electron chi connectivity index (χ3n) is 5.42. The molecule has 196 valence electrons. The van der Waals surface area contributed by atoms with Crippen LogP contribution in [0.4, 0.5) is 0 Å². The molecule has 0 atom stereocenters. The van der Waals surface area contributed by atoms with Crippen LogP contribution in [0.15, 0.2) is 108 Å². The van der Waals surface area contributed by atoms with Crippen molar-refractivity contribution in [3.8, 4) is 17.2 Å². The highest BCUT2D eigenvalue weighted by atomic mass is 35.5. The quantitative estimate of drug-likeness (QED) is 0.0837. The Bertz CT molecular complexity index is 1470. The molecule has 1 amide bonds. The average molecular weight is 541 g/mol. The van der Waals surface area contributed by atoms with Crippen molar-refractivity contribution in [1.82, 2.24) is 5.43 Å². The van der Waals surface area contributed by atoms with Crippen molar-refractivity contribution in [2.75, 3.05) is 7.11 Å². The molecule has 0 unspecified atom stereocenters. The number of hydrogen-bond acceptors (Lipinski definition) is 6. The van der Waals surface area contributed by atoms with E-state index in [2.05, 4.69) is 10.5 Å². The highest BCUT2D eigenvalue weighted by Gasteiger charge is 2.09. The van der Waals surface area contributed by atoms with Gasteiger partial charge in [0.2, 0.25) is 0 Å². The second-order valence-electron chi connectivity index (χ2n) is 8.21. The van der Waals surface area contributed by atoms with Gasteiger partial charge in [0, 0.05) is 16.7 Å². The van der Waals surface area contributed by atoms with Gasteiger partial charge in [0.15, 0.2) is 11.5 Å². The number of nitrogens with one attached hydrogen (secondary N) is 1. The molecule has 39 heavy (non-hydrogen) atoms. The van der Waals surface area contributed by atoms with Crippen LogP contribution in [-0.4, -0.2) is 25.2 Å². The number of amides is 1. The van der Waals surface area contributed by atoms with Crippen molar-refractivity contribution in [2.24, 2.45) is 5.10 Å². The second-order valence-corrected chi connectivity index (χ2v) is 8.65. The van der Waals surface area contributed by atoms with Crippen molar-refractivity contribution in [1.29, 1.82) is 0 Å². The molecular weight excluding hydrogens is 516 g/mol. The first-order valence-corrected chi connectivity index (χ1v) is 12.3. The lowest BCUT2D eigenvalue weighted by molar-refractivity contribution is -0.129. The van der Waals surface area contributed by atoms with E-state index >= 15 is 0 Å². The molecule has 0 saturated carbocycles. The molecule has 0 aliphatic rings. The Balaban J connectivity index is 1.29. The van der Waals surface area contributed by atoms with Gasteiger partial charge in [-0.3, -0.25) is 4.79 Å². The normalized spacial score (nSPS) is 10.9. The van der Waals surface area contributed by atoms with E-state index in [0.717, 1.165) is 11.1 Å². The number of benzene rings is 4. The molecule has 0 aliphatic heterocycles. The number of carbonyl (C=O) groups is 2. The van der Waals surface area contributed by atoms with Gasteiger partial charge in [-0.1, -0.05) is 54.1 Å². The number of ether oxygens (including phenoxy) is 3. The zero-order valence-corrected chi connectivity index (χ0v) is 21.8. The Morgan fingerprint density at radius 2 is 1.62 bits per heavy atom. The molecule has 4 aromatic rings. The van der Waals surface area contributed by atoms with Crippen LogP contribution in [0, 0.1) is 0 Å². The summed E-state index contributed by atoms with van der Waals surface area (Å²) in [6, 6.07) is 28.5. The van der Waals surface area contributed by atoms with Gasteiger partial charge in [0.25, 0.3) is 5.91 Å². The summed E-state index contributed by atoms with van der Waals surface area (Å²) in [5.74, 6) is 0.333. The van der Waals surface area contributed by atoms with Crippen molar-refractivity contribution in [3.05, 3.63) is 130 Å². The molecule has 0 heterocycles. The monoisotopic (exact) mass is 540 g/mol. The van der Waals surface area contributed by atoms with Crippen LogP contribution in [0.2, 0.25) is 5.02 Å². The van der Waals surface area contributed by atoms with Gasteiger partial charge >= 0.3 is 5.97 Å². The number of carbonyl (C=O) groups excluding carboxylic acids is 2. The zero-order valence-electron chi connectivity index (χ0n) is 21.0. The first kappa shape index (κ1) is 27.2. The maximum atomic E-state index is 12.5. The minimum absolute atomic E-state index is 0.264. The van der Waals surface area contributed by atoms with E-state index in [1.54, 1.807) is 60.7 Å². The van der Waals surface area contributed by atoms with Gasteiger partial charge in [-0.15, -0.1) is 0 Å². The van der Waals surface area contributed by atoms with Crippen LogP contribution in [-0.2, 0) is 11.4 Å². The van der Waals surface area contributed by atoms with Crippen molar-refractivity contribution < 1.29 is 23.8 Å². The van der Waals surface area contributed by atoms with E-state index in [1.165, 1.54) is 19.4 Å². The van der Waals surface area contributed by atoms with Crippen LogP contribution < -0.4 is 19.6 Å². The van der Waals surface area contributed by atoms with E-state index in [9.17, 15) is 9.59 Å². The lowest BCUT2D eigenvalue weighted by atomic mass is 10.2. The first-order chi connectivity index (χ1) is 19.0. The fourth-order valence-corrected chi connectivity index (χ4v) is 3.53. The molecule has 0 fully saturated rings. The van der Waals surface area contributed by atoms with E-state index in [-0.39, 0.29) is 11.7 Å². The molecule has 0 aliphatic carbocycles. The highest BCUT2D eigenvalue weighted by Crippen LogP contribution is 2.28. The van der Waals surface area contributed by atoms with Crippen LogP contribution >= 0.6 is 11.6 Å². The third kappa shape index (κ3) is 8.31. The van der Waals surface area contributed by atoms with Gasteiger partial charge in [-0.25, -0.2) is 10.2 Å². The van der Waals surface area contributed by atoms with E-state index in [0.29, 0.717) is 34.3 Å². The number of esters is 1. The van der Waals surface area contributed by atoms with Crippen LogP contribution in [0.3, 0.4) is 0 Å². The number of halogens is 1. The summed E-state index contributed by atoms with van der Waals surface area (Å²) in [5.41, 5.74) is 5.42. The van der Waals surface area contributed by atoms with Crippen molar-refractivity contribution in [2.45, 2.75) is 6.61 Å². The minimum Gasteiger partial charge on any atom is -0.493 e. The van der Waals surface area contributed by atoms with Crippen molar-refractivity contribution >= 4 is 35.8 Å². The maximum Gasteiger partial charge on any atom is 0.336 e. The molecule has 0 saturated heterocycles. The fourth-order valence-electron chi connectivity index (χ4n) is 3.40. The zero-order chi connectivity index (χ0) is 27.5. The Hall–Kier alpha value is -4.88. The Morgan fingerprint density at radius 1 is 0.872 bits per heavy atom. The molecule has 0 bridgehead atoms. The summed E-state index contributed by atoms with van der Waals surface area (Å²) in [4.78, 5) is 24.7. The fraction of sp³-hybridized carbons (Fsp3) is 0.0645. The SMILES string of the molecule is COc1cc(/C=N/NC(=O)c2ccc(OCc3ccc(Cl)cc3)cc2)ccc1OC(=O)/C=C/c1ccccc1. The standard InChI is InChI=1S/C31H25ClN2O5/c1-37-29-19-24(9-17-28(29)39-30(35)18-10-22-5-3-2-4-6-22)20-33-34-31(36)25-11-15-27(16-12-25)38-21-23-7-13-26(32)14-8-23/h2-20H,21H2,1H3,(H,34,36)/b18-10+,33-20+. The molecule has 0 aromatic heterocycles. The number of methoxy groups -OCH3 is 1. The number of rotatable bonds is 10. The molecule has 8 heteroatoms. The summed E-state index contributed by atoms with van der Waals surface area (Å²) >= 11 is 5.90. The smallest absolute Gasteiger partial charge is 0.336 e. The van der Waals surface area contributed by atoms with E-state index < -0.39 is 5.97 Å². The number of nitrogens with zero attached hydrogens (tertiary/aromatic N) is 1. The first-order valence-electron chi connectivity index (χ1n) is 11.9. The van der Waals surface area contributed by atoms with Crippen LogP contribution in [0.1, 0.15) is 27.0 Å². The predicted octanol–water partition coefficient (Wildman–Crippen LogP) is 6.31. The van der Waals surface area contributed by atoms with E-state index in [4.69, 9.17) is 25.8 Å². The summed E-state index contributed by atoms with van der Waals surface area (Å²) < 4.78 is 16.5. The maximum absolute atomic E-state index is 12.5. The summed E-state index contributed by atoms with van der Waals surface area (Å²) in [6.45, 7) is 0.388. The summed E-state index contributed by atoms with van der Waals surface area (Å²) in [6.07, 6.45) is 4.48. The Labute approximate surface area is 231 Å². The second kappa shape index (κ2) is 13.6. The third-order valence-corrected chi connectivity index (χ3v) is 5.68. The van der Waals surface area contributed by atoms with Crippen LogP contribution in [0.25, 0.3) is 6.08 Å². The lowest BCUT2D eigenvalue weighted by Gasteiger charge is -2.08. The largest absolute Gasteiger partial charge is 0.493 e. The lowest BCUT2D eigenvalue weighted by Crippen LogP contribution is -2.17. The number of hydrazone groups is 1. The predicted molar refractivity (Wildman–Crippen MR) is 151 cm³/mol. The number of hydrogen-bond donors (Lipinski definition) is 1. The molecule has 7 nitrogen and oxygen atoms in total. The Morgan fingerprint density at radius 3 is 2.33 bits per heavy atom. The molecule has 1 N–H and O–H groups in total. The molecule has 0 radical (unpaired) electrons.